The van der Waals surface area contributed by atoms with Crippen LogP contribution in [-0.4, -0.2) is 68.9 Å². The molecule has 2 aliphatic rings. The summed E-state index contributed by atoms with van der Waals surface area (Å²) in [4.78, 5) is 39.5. The number of carbonyl (C=O) groups is 3. The second kappa shape index (κ2) is 12.6. The molecule has 1 unspecified atom stereocenters. The molecule has 1 spiro atoms. The number of hydrogen-bond donors (Lipinski definition) is 3. The van der Waals surface area contributed by atoms with Gasteiger partial charge >= 0.3 is 24.3 Å². The molecule has 210 valence electrons. The molecule has 8 nitrogen and oxygen atoms in total. The second-order valence-electron chi connectivity index (χ2n) is 8.64. The zero-order chi connectivity index (χ0) is 28.7. The Balaban J connectivity index is 0.000000301. The first-order valence-corrected chi connectivity index (χ1v) is 11.9. The summed E-state index contributed by atoms with van der Waals surface area (Å²) < 4.78 is 63.5. The van der Waals surface area contributed by atoms with E-state index >= 15 is 0 Å². The van der Waals surface area contributed by atoms with Gasteiger partial charge in [0.1, 0.15) is 0 Å². The predicted molar refractivity (Wildman–Crippen MR) is 123 cm³/mol. The van der Waals surface area contributed by atoms with E-state index in [9.17, 15) is 31.1 Å². The Morgan fingerprint density at radius 1 is 1.08 bits per heavy atom. The summed E-state index contributed by atoms with van der Waals surface area (Å²) in [6.45, 7) is 5.26. The normalized spacial score (nSPS) is 19.0. The fourth-order valence-electron chi connectivity index (χ4n) is 4.19. The van der Waals surface area contributed by atoms with Gasteiger partial charge in [0.15, 0.2) is 0 Å². The Morgan fingerprint density at radius 3 is 2.05 bits per heavy atom. The Kier molecular flexibility index (Phi) is 10.3. The largest absolute Gasteiger partial charge is 0.490 e. The maximum Gasteiger partial charge on any atom is 0.490 e. The summed E-state index contributed by atoms with van der Waals surface area (Å²) in [6.07, 6.45) is -3.82. The molecule has 2 fully saturated rings. The van der Waals surface area contributed by atoms with Crippen molar-refractivity contribution in [2.75, 3.05) is 13.1 Å². The number of aryl methyl sites for hydroxylation is 1. The number of nitrogens with one attached hydrogen (secondary N) is 1. The lowest BCUT2D eigenvalue weighted by atomic mass is 9.75. The van der Waals surface area contributed by atoms with Gasteiger partial charge in [-0.15, -0.1) is 11.3 Å². The lowest BCUT2D eigenvalue weighted by Gasteiger charge is -2.42. The van der Waals surface area contributed by atoms with Crippen LogP contribution in [0.1, 0.15) is 40.5 Å². The SMILES string of the molecule is Cc1ccc(CN2CCC3(CC2)NC(=O)CC3c2cccnc2)s1.O=C(O)C(F)(F)F.O=C(O)C(F)(F)F. The number of alkyl halides is 6. The number of piperidine rings is 1. The number of halogens is 6. The van der Waals surface area contributed by atoms with Gasteiger partial charge in [0.05, 0.1) is 0 Å². The molecule has 2 saturated heterocycles. The molecule has 2 aromatic heterocycles. The maximum absolute atomic E-state index is 12.1. The van der Waals surface area contributed by atoms with E-state index in [2.05, 4.69) is 40.3 Å². The third-order valence-electron chi connectivity index (χ3n) is 5.94. The average Bonchev–Trinajstić information content (AvgIpc) is 3.37. The van der Waals surface area contributed by atoms with Gasteiger partial charge in [0.25, 0.3) is 0 Å². The lowest BCUT2D eigenvalue weighted by Crippen LogP contribution is -2.53. The molecule has 0 saturated carbocycles. The van der Waals surface area contributed by atoms with Crippen LogP contribution in [-0.2, 0) is 20.9 Å². The summed E-state index contributed by atoms with van der Waals surface area (Å²) in [6, 6.07) is 8.52. The Labute approximate surface area is 217 Å². The number of rotatable bonds is 3. The van der Waals surface area contributed by atoms with E-state index in [0.29, 0.717) is 6.42 Å². The maximum atomic E-state index is 12.1. The summed E-state index contributed by atoms with van der Waals surface area (Å²) >= 11 is 1.88. The zero-order valence-corrected chi connectivity index (χ0v) is 20.8. The number of carboxylic acids is 2. The van der Waals surface area contributed by atoms with Crippen LogP contribution in [0.2, 0.25) is 0 Å². The number of hydrogen-bond acceptors (Lipinski definition) is 6. The van der Waals surface area contributed by atoms with E-state index in [1.54, 1.807) is 6.20 Å². The number of nitrogens with zero attached hydrogens (tertiary/aromatic N) is 2. The zero-order valence-electron chi connectivity index (χ0n) is 20.0. The average molecular weight is 570 g/mol. The molecule has 2 aromatic rings. The molecule has 0 radical (unpaired) electrons. The van der Waals surface area contributed by atoms with Crippen molar-refractivity contribution in [2.45, 2.75) is 56.5 Å². The summed E-state index contributed by atoms with van der Waals surface area (Å²) in [5.74, 6) is -5.07. The fraction of sp³-hybridized carbons (Fsp3) is 0.478. The van der Waals surface area contributed by atoms with Gasteiger partial charge in [-0.2, -0.15) is 26.3 Å². The minimum atomic E-state index is -5.08. The number of carboxylic acid groups (broad SMARTS) is 2. The number of carbonyl (C=O) groups excluding carboxylic acids is 1. The molecule has 1 amide bonds. The Hall–Kier alpha value is -3.20. The first kappa shape index (κ1) is 31.0. The highest BCUT2D eigenvalue weighted by Gasteiger charge is 2.48. The standard InChI is InChI=1S/C19H23N3OS.2C2HF3O2/c1-14-4-5-16(24-14)13-22-9-6-19(7-10-22)17(11-18(23)21-19)15-3-2-8-20-12-15;2*3-2(4,5)1(6)7/h2-5,8,12,17H,6-7,9-11,13H2,1H3,(H,21,23);2*(H,6,7). The molecule has 0 bridgehead atoms. The third kappa shape index (κ3) is 8.97. The highest BCUT2D eigenvalue weighted by atomic mass is 32.1. The number of likely N-dealkylation sites (tertiary alicyclic amines) is 1. The molecule has 4 heterocycles. The van der Waals surface area contributed by atoms with Gasteiger partial charge in [-0.1, -0.05) is 6.07 Å². The van der Waals surface area contributed by atoms with Gasteiger partial charge in [-0.05, 0) is 43.5 Å². The topological polar surface area (TPSA) is 120 Å². The van der Waals surface area contributed by atoms with Gasteiger partial charge < -0.3 is 15.5 Å². The van der Waals surface area contributed by atoms with Crippen LogP contribution in [0.3, 0.4) is 0 Å². The van der Waals surface area contributed by atoms with Gasteiger partial charge in [0, 0.05) is 59.7 Å². The first-order valence-electron chi connectivity index (χ1n) is 11.1. The van der Waals surface area contributed by atoms with Crippen molar-refractivity contribution in [1.82, 2.24) is 15.2 Å². The fourth-order valence-corrected chi connectivity index (χ4v) is 5.12. The lowest BCUT2D eigenvalue weighted by molar-refractivity contribution is -0.193. The Morgan fingerprint density at radius 2 is 1.63 bits per heavy atom. The van der Waals surface area contributed by atoms with Crippen LogP contribution in [0, 0.1) is 6.92 Å². The van der Waals surface area contributed by atoms with Gasteiger partial charge in [-0.3, -0.25) is 14.7 Å². The highest BCUT2D eigenvalue weighted by molar-refractivity contribution is 7.11. The molecule has 15 heteroatoms. The highest BCUT2D eigenvalue weighted by Crippen LogP contribution is 2.43. The third-order valence-corrected chi connectivity index (χ3v) is 6.93. The van der Waals surface area contributed by atoms with E-state index in [1.165, 1.54) is 15.3 Å². The minimum absolute atomic E-state index is 0.0814. The van der Waals surface area contributed by atoms with Crippen molar-refractivity contribution in [3.05, 3.63) is 52.0 Å². The predicted octanol–water partition coefficient (Wildman–Crippen LogP) is 4.36. The molecule has 4 rings (SSSR count). The molecule has 0 aliphatic carbocycles. The number of aliphatic carboxylic acids is 2. The Bertz CT molecular complexity index is 1070. The van der Waals surface area contributed by atoms with E-state index in [4.69, 9.17) is 19.8 Å². The minimum Gasteiger partial charge on any atom is -0.475 e. The van der Waals surface area contributed by atoms with Crippen molar-refractivity contribution in [3.8, 4) is 0 Å². The molecule has 2 aliphatic heterocycles. The smallest absolute Gasteiger partial charge is 0.475 e. The number of thiophene rings is 1. The van der Waals surface area contributed by atoms with Crippen LogP contribution in [0.4, 0.5) is 26.3 Å². The number of aromatic nitrogens is 1. The monoisotopic (exact) mass is 569 g/mol. The van der Waals surface area contributed by atoms with Crippen molar-refractivity contribution in [3.63, 3.8) is 0 Å². The molecule has 3 N–H and O–H groups in total. The quantitative estimate of drug-likeness (QED) is 0.470. The summed E-state index contributed by atoms with van der Waals surface area (Å²) in [5, 5.41) is 17.6. The van der Waals surface area contributed by atoms with Crippen LogP contribution in [0.5, 0.6) is 0 Å². The van der Waals surface area contributed by atoms with Crippen LogP contribution in [0.25, 0.3) is 0 Å². The molecular formula is C23H25F6N3O5S. The van der Waals surface area contributed by atoms with Gasteiger partial charge in [0.2, 0.25) is 5.91 Å². The molecule has 38 heavy (non-hydrogen) atoms. The number of pyridine rings is 1. The first-order chi connectivity index (χ1) is 17.5. The molecule has 1 atom stereocenters. The molecule has 0 aromatic carbocycles. The van der Waals surface area contributed by atoms with Crippen LogP contribution in [0.15, 0.2) is 36.7 Å². The van der Waals surface area contributed by atoms with Crippen molar-refractivity contribution in [1.29, 1.82) is 0 Å². The second-order valence-corrected chi connectivity index (χ2v) is 10.0. The van der Waals surface area contributed by atoms with Crippen LogP contribution >= 0.6 is 11.3 Å². The number of amides is 1. The van der Waals surface area contributed by atoms with E-state index in [0.717, 1.165) is 32.5 Å². The molecular weight excluding hydrogens is 544 g/mol. The summed E-state index contributed by atoms with van der Waals surface area (Å²) in [7, 11) is 0. The van der Waals surface area contributed by atoms with E-state index in [-0.39, 0.29) is 17.4 Å². The van der Waals surface area contributed by atoms with Crippen LogP contribution < -0.4 is 5.32 Å². The van der Waals surface area contributed by atoms with Crippen molar-refractivity contribution < 1.29 is 50.9 Å². The van der Waals surface area contributed by atoms with Crippen molar-refractivity contribution >= 4 is 29.2 Å². The van der Waals surface area contributed by atoms with Gasteiger partial charge in [-0.25, -0.2) is 9.59 Å². The summed E-state index contributed by atoms with van der Waals surface area (Å²) in [5.41, 5.74) is 1.11. The van der Waals surface area contributed by atoms with E-state index < -0.39 is 24.3 Å². The van der Waals surface area contributed by atoms with E-state index in [1.807, 2.05) is 23.6 Å². The van der Waals surface area contributed by atoms with Crippen molar-refractivity contribution in [2.24, 2.45) is 0 Å².